The van der Waals surface area contributed by atoms with E-state index in [1.54, 1.807) is 0 Å². The van der Waals surface area contributed by atoms with Crippen LogP contribution < -0.4 is 5.32 Å². The van der Waals surface area contributed by atoms with Crippen LogP contribution in [-0.2, 0) is 4.79 Å². The van der Waals surface area contributed by atoms with Crippen molar-refractivity contribution in [3.05, 3.63) is 0 Å². The summed E-state index contributed by atoms with van der Waals surface area (Å²) in [5, 5.41) is 3.28. The summed E-state index contributed by atoms with van der Waals surface area (Å²) in [5.74, 6) is 0.167. The minimum Gasteiger partial charge on any atom is -0.317 e. The maximum Gasteiger partial charge on any atom is 0.126 e. The van der Waals surface area contributed by atoms with Crippen molar-refractivity contribution in [2.75, 3.05) is 13.1 Å². The number of carbonyl (C=O) groups is 1. The fourth-order valence-electron chi connectivity index (χ4n) is 0.802. The van der Waals surface area contributed by atoms with Crippen molar-refractivity contribution in [1.29, 1.82) is 0 Å². The number of Topliss-reactive ketones (excluding diaryl/α,β-unsaturated/α-hetero) is 1. The molecule has 1 N–H and O–H groups in total. The summed E-state index contributed by atoms with van der Waals surface area (Å²) in [4.78, 5) is 9.44. The summed E-state index contributed by atoms with van der Waals surface area (Å²) in [7, 11) is 0. The maximum absolute atomic E-state index is 9.44. The van der Waals surface area contributed by atoms with Crippen molar-refractivity contribution in [2.24, 2.45) is 0 Å². The van der Waals surface area contributed by atoms with Gasteiger partial charge in [-0.2, -0.15) is 0 Å². The normalized spacial score (nSPS) is 14.7. The van der Waals surface area contributed by atoms with Gasteiger partial charge in [0.2, 0.25) is 0 Å². The minimum absolute atomic E-state index is 0.167. The van der Waals surface area contributed by atoms with Gasteiger partial charge in [-0.25, -0.2) is 0 Å². The Hall–Kier alpha value is -0.370. The molecule has 12 heavy (non-hydrogen) atoms. The molecule has 2 nitrogen and oxygen atoms in total. The van der Waals surface area contributed by atoms with E-state index in [0.29, 0.717) is 0 Å². The van der Waals surface area contributed by atoms with Crippen LogP contribution in [0.4, 0.5) is 0 Å². The van der Waals surface area contributed by atoms with E-state index in [0.717, 1.165) is 0 Å². The van der Waals surface area contributed by atoms with Crippen LogP contribution in [-0.4, -0.2) is 18.9 Å². The van der Waals surface area contributed by atoms with Gasteiger partial charge in [0, 0.05) is 0 Å². The summed E-state index contributed by atoms with van der Waals surface area (Å²) in [6.07, 6.45) is 4.22. The number of nitrogens with one attached hydrogen (secondary N) is 1. The molecule has 0 aliphatic carbocycles. The first kappa shape index (κ1) is 14.2. The Labute approximate surface area is 76.7 Å². The smallest absolute Gasteiger partial charge is 0.126 e. The second-order valence-corrected chi connectivity index (χ2v) is 2.72. The second kappa shape index (κ2) is 13.2. The third-order valence-corrected chi connectivity index (χ3v) is 1.21. The lowest BCUT2D eigenvalue weighted by atomic mass is 10.2. The Morgan fingerprint density at radius 1 is 1.00 bits per heavy atom. The van der Waals surface area contributed by atoms with Gasteiger partial charge < -0.3 is 10.1 Å². The number of hydrogen-bond donors (Lipinski definition) is 1. The topological polar surface area (TPSA) is 29.1 Å². The van der Waals surface area contributed by atoms with E-state index in [1.807, 2.05) is 13.8 Å². The molecule has 0 spiro atoms. The first-order chi connectivity index (χ1) is 5.73. The summed E-state index contributed by atoms with van der Waals surface area (Å²) in [5.41, 5.74) is 0. The molecule has 1 heterocycles. The molecule has 1 aliphatic heterocycles. The highest BCUT2D eigenvalue weighted by molar-refractivity contribution is 5.72. The fraction of sp³-hybridized carbons (Fsp3) is 0.900. The first-order valence-corrected chi connectivity index (χ1v) is 4.91. The largest absolute Gasteiger partial charge is 0.317 e. The lowest BCUT2D eigenvalue weighted by Gasteiger charge is -2.08. The molecule has 0 unspecified atom stereocenters. The molecule has 74 valence electrons. The average Bonchev–Trinajstić information content (AvgIpc) is 2.10. The molecule has 0 radical (unpaired) electrons. The van der Waals surface area contributed by atoms with E-state index < -0.39 is 0 Å². The van der Waals surface area contributed by atoms with Crippen LogP contribution in [0.2, 0.25) is 0 Å². The third-order valence-electron chi connectivity index (χ3n) is 1.21. The third kappa shape index (κ3) is 22.6. The van der Waals surface area contributed by atoms with Gasteiger partial charge in [-0.15, -0.1) is 0 Å². The molecule has 0 saturated carbocycles. The zero-order valence-corrected chi connectivity index (χ0v) is 8.94. The lowest BCUT2D eigenvalue weighted by molar-refractivity contribution is -0.114. The summed E-state index contributed by atoms with van der Waals surface area (Å²) in [6.45, 7) is 9.56. The molecule has 0 aromatic rings. The van der Waals surface area contributed by atoms with E-state index >= 15 is 0 Å². The standard InChI is InChI=1S/C5H11N.C3H6O.C2H6/c1-2-4-6-5-3-1;1-3(2)4;1-2/h6H,1-5H2;1-2H3;1-2H3. The van der Waals surface area contributed by atoms with Gasteiger partial charge in [-0.1, -0.05) is 20.3 Å². The van der Waals surface area contributed by atoms with E-state index in [1.165, 1.54) is 46.2 Å². The highest BCUT2D eigenvalue weighted by atomic mass is 16.1. The van der Waals surface area contributed by atoms with Gasteiger partial charge in [0.1, 0.15) is 5.78 Å². The molecular weight excluding hydrogens is 150 g/mol. The molecule has 2 heteroatoms. The Bertz CT molecular complexity index is 72.3. The number of carbonyl (C=O) groups excluding carboxylic acids is 1. The SMILES string of the molecule is C1CCNCC1.CC.CC(C)=O. The molecule has 1 fully saturated rings. The summed E-state index contributed by atoms with van der Waals surface area (Å²) in [6, 6.07) is 0. The quantitative estimate of drug-likeness (QED) is 0.609. The van der Waals surface area contributed by atoms with Crippen LogP contribution in [0.1, 0.15) is 47.0 Å². The van der Waals surface area contributed by atoms with Gasteiger partial charge >= 0.3 is 0 Å². The molecule has 1 saturated heterocycles. The van der Waals surface area contributed by atoms with Gasteiger partial charge in [0.05, 0.1) is 0 Å². The van der Waals surface area contributed by atoms with Crippen molar-refractivity contribution in [3.8, 4) is 0 Å². The summed E-state index contributed by atoms with van der Waals surface area (Å²) < 4.78 is 0. The summed E-state index contributed by atoms with van der Waals surface area (Å²) >= 11 is 0. The van der Waals surface area contributed by atoms with Gasteiger partial charge in [0.15, 0.2) is 0 Å². The van der Waals surface area contributed by atoms with E-state index in [9.17, 15) is 4.79 Å². The minimum atomic E-state index is 0.167. The Morgan fingerprint density at radius 2 is 1.33 bits per heavy atom. The molecule has 0 atom stereocenters. The van der Waals surface area contributed by atoms with Crippen LogP contribution in [0.25, 0.3) is 0 Å². The second-order valence-electron chi connectivity index (χ2n) is 2.72. The highest BCUT2D eigenvalue weighted by Crippen LogP contribution is 1.96. The van der Waals surface area contributed by atoms with Crippen molar-refractivity contribution in [3.63, 3.8) is 0 Å². The van der Waals surface area contributed by atoms with Crippen LogP contribution >= 0.6 is 0 Å². The first-order valence-electron chi connectivity index (χ1n) is 4.91. The van der Waals surface area contributed by atoms with Crippen LogP contribution in [0.15, 0.2) is 0 Å². The van der Waals surface area contributed by atoms with Crippen LogP contribution in [0, 0.1) is 0 Å². The number of ketones is 1. The average molecular weight is 173 g/mol. The van der Waals surface area contributed by atoms with Crippen molar-refractivity contribution < 1.29 is 4.79 Å². The molecule has 1 rings (SSSR count). The molecule has 0 aromatic carbocycles. The zero-order chi connectivity index (χ0) is 9.82. The molecule has 0 aromatic heterocycles. The van der Waals surface area contributed by atoms with Crippen LogP contribution in [0.3, 0.4) is 0 Å². The van der Waals surface area contributed by atoms with Gasteiger partial charge in [-0.05, 0) is 39.8 Å². The van der Waals surface area contributed by atoms with Gasteiger partial charge in [-0.3, -0.25) is 0 Å². The highest BCUT2D eigenvalue weighted by Gasteiger charge is 1.93. The molecular formula is C10H23NO. The Balaban J connectivity index is 0. The molecule has 0 amide bonds. The van der Waals surface area contributed by atoms with E-state index in [4.69, 9.17) is 0 Å². The monoisotopic (exact) mass is 173 g/mol. The van der Waals surface area contributed by atoms with Crippen molar-refractivity contribution in [1.82, 2.24) is 5.32 Å². The Kier molecular flexibility index (Phi) is 15.6. The zero-order valence-electron chi connectivity index (χ0n) is 8.94. The predicted molar refractivity (Wildman–Crippen MR) is 54.4 cm³/mol. The van der Waals surface area contributed by atoms with Gasteiger partial charge in [0.25, 0.3) is 0 Å². The number of rotatable bonds is 0. The van der Waals surface area contributed by atoms with E-state index in [2.05, 4.69) is 5.32 Å². The lowest BCUT2D eigenvalue weighted by Crippen LogP contribution is -2.21. The van der Waals surface area contributed by atoms with E-state index in [-0.39, 0.29) is 5.78 Å². The van der Waals surface area contributed by atoms with Crippen LogP contribution in [0.5, 0.6) is 0 Å². The number of hydrogen-bond acceptors (Lipinski definition) is 2. The maximum atomic E-state index is 9.44. The van der Waals surface area contributed by atoms with Crippen molar-refractivity contribution in [2.45, 2.75) is 47.0 Å². The molecule has 0 bridgehead atoms. The fourth-order valence-corrected chi connectivity index (χ4v) is 0.802. The Morgan fingerprint density at radius 3 is 1.42 bits per heavy atom. The van der Waals surface area contributed by atoms with Crippen molar-refractivity contribution >= 4 is 5.78 Å². The molecule has 1 aliphatic rings. The predicted octanol–water partition coefficient (Wildman–Crippen LogP) is 2.38. The number of piperidine rings is 1.